The lowest BCUT2D eigenvalue weighted by molar-refractivity contribution is 0.0656. The van der Waals surface area contributed by atoms with Crippen LogP contribution in [0.2, 0.25) is 0 Å². The number of halogens is 1. The molecule has 1 saturated heterocycles. The van der Waals surface area contributed by atoms with Crippen LogP contribution in [0.1, 0.15) is 58.9 Å². The van der Waals surface area contributed by atoms with Crippen LogP contribution in [0.25, 0.3) is 0 Å². The molecule has 152 valence electrons. The van der Waals surface area contributed by atoms with Crippen LogP contribution >= 0.6 is 0 Å². The molecule has 1 atom stereocenters. The van der Waals surface area contributed by atoms with Crippen molar-refractivity contribution in [1.29, 1.82) is 0 Å². The summed E-state index contributed by atoms with van der Waals surface area (Å²) in [5, 5.41) is 2.82. The Morgan fingerprint density at radius 3 is 2.76 bits per heavy atom. The average Bonchev–Trinajstić information content (AvgIpc) is 2.97. The van der Waals surface area contributed by atoms with Gasteiger partial charge in [0.1, 0.15) is 12.0 Å². The SMILES string of the molecule is CCN1c2cc(C(=O)Nc3ccc(F)c(C)c3)ccc2C(=O)N2CCCCC[C@@H]21. The first-order valence-corrected chi connectivity index (χ1v) is 10.3. The Balaban J connectivity index is 1.65. The number of benzene rings is 2. The molecule has 0 spiro atoms. The first kappa shape index (κ1) is 19.4. The molecule has 6 heteroatoms. The molecule has 4 rings (SSSR count). The highest BCUT2D eigenvalue weighted by molar-refractivity contribution is 6.08. The van der Waals surface area contributed by atoms with E-state index in [1.807, 2.05) is 11.0 Å². The van der Waals surface area contributed by atoms with Gasteiger partial charge in [0.25, 0.3) is 11.8 Å². The van der Waals surface area contributed by atoms with Crippen molar-refractivity contribution in [2.24, 2.45) is 0 Å². The highest BCUT2D eigenvalue weighted by Crippen LogP contribution is 2.35. The third-order valence-electron chi connectivity index (χ3n) is 5.90. The Morgan fingerprint density at radius 1 is 1.17 bits per heavy atom. The minimum absolute atomic E-state index is 0.0534. The van der Waals surface area contributed by atoms with Crippen LogP contribution in [0.15, 0.2) is 36.4 Å². The van der Waals surface area contributed by atoms with E-state index in [1.165, 1.54) is 6.07 Å². The fourth-order valence-corrected chi connectivity index (χ4v) is 4.37. The zero-order valence-corrected chi connectivity index (χ0v) is 16.9. The molecular formula is C23H26FN3O2. The van der Waals surface area contributed by atoms with Crippen LogP contribution in [0, 0.1) is 12.7 Å². The number of fused-ring (bicyclic) bond motifs is 2. The number of hydrogen-bond acceptors (Lipinski definition) is 3. The first-order valence-electron chi connectivity index (χ1n) is 10.3. The summed E-state index contributed by atoms with van der Waals surface area (Å²) >= 11 is 0. The highest BCUT2D eigenvalue weighted by Gasteiger charge is 2.37. The van der Waals surface area contributed by atoms with E-state index < -0.39 is 0 Å². The first-order chi connectivity index (χ1) is 14.0. The maximum atomic E-state index is 13.5. The van der Waals surface area contributed by atoms with Crippen LogP contribution in [0.5, 0.6) is 0 Å². The van der Waals surface area contributed by atoms with Gasteiger partial charge in [-0.3, -0.25) is 9.59 Å². The minimum Gasteiger partial charge on any atom is -0.351 e. The van der Waals surface area contributed by atoms with Crippen LogP contribution in [0.4, 0.5) is 15.8 Å². The molecular weight excluding hydrogens is 369 g/mol. The maximum absolute atomic E-state index is 13.5. The summed E-state index contributed by atoms with van der Waals surface area (Å²) in [6.45, 7) is 5.29. The maximum Gasteiger partial charge on any atom is 0.257 e. The Hall–Kier alpha value is -2.89. The third kappa shape index (κ3) is 3.59. The van der Waals surface area contributed by atoms with Gasteiger partial charge in [0.2, 0.25) is 0 Å². The topological polar surface area (TPSA) is 52.7 Å². The lowest BCUT2D eigenvalue weighted by Gasteiger charge is -2.44. The summed E-state index contributed by atoms with van der Waals surface area (Å²) in [4.78, 5) is 30.1. The summed E-state index contributed by atoms with van der Waals surface area (Å²) < 4.78 is 13.5. The average molecular weight is 395 g/mol. The normalized spacial score (nSPS) is 18.7. The number of amides is 2. The van der Waals surface area contributed by atoms with Crippen molar-refractivity contribution in [3.63, 3.8) is 0 Å². The van der Waals surface area contributed by atoms with E-state index >= 15 is 0 Å². The summed E-state index contributed by atoms with van der Waals surface area (Å²) in [7, 11) is 0. The van der Waals surface area contributed by atoms with Crippen LogP contribution in [-0.2, 0) is 0 Å². The second-order valence-electron chi connectivity index (χ2n) is 7.76. The summed E-state index contributed by atoms with van der Waals surface area (Å²) in [6, 6.07) is 9.75. The number of nitrogens with one attached hydrogen (secondary N) is 1. The van der Waals surface area contributed by atoms with E-state index in [9.17, 15) is 14.0 Å². The van der Waals surface area contributed by atoms with Crippen molar-refractivity contribution in [2.45, 2.75) is 45.7 Å². The standard InChI is InChI=1S/C23H26FN3O2/c1-3-26-20-14-16(22(28)25-17-9-11-19(24)15(2)13-17)8-10-18(20)23(29)27-12-6-4-5-7-21(26)27/h8-11,13-14,21H,3-7,12H2,1-2H3,(H,25,28)/t21-/m1/s1. The Labute approximate surface area is 170 Å². The number of aryl methyl sites for hydroxylation is 1. The van der Waals surface area contributed by atoms with Gasteiger partial charge >= 0.3 is 0 Å². The van der Waals surface area contributed by atoms with Gasteiger partial charge in [-0.1, -0.05) is 6.42 Å². The Kier molecular flexibility index (Phi) is 5.26. The van der Waals surface area contributed by atoms with Crippen molar-refractivity contribution in [3.8, 4) is 0 Å². The van der Waals surface area contributed by atoms with Gasteiger partial charge in [0.05, 0.1) is 11.3 Å². The predicted molar refractivity (Wildman–Crippen MR) is 112 cm³/mol. The van der Waals surface area contributed by atoms with Crippen LogP contribution in [-0.4, -0.2) is 36.0 Å². The number of nitrogens with zero attached hydrogens (tertiary/aromatic N) is 2. The molecule has 2 aliphatic rings. The third-order valence-corrected chi connectivity index (χ3v) is 5.90. The highest BCUT2D eigenvalue weighted by atomic mass is 19.1. The second-order valence-corrected chi connectivity index (χ2v) is 7.76. The molecule has 0 saturated carbocycles. The predicted octanol–water partition coefficient (Wildman–Crippen LogP) is 4.57. The molecule has 0 aliphatic carbocycles. The molecule has 0 aromatic heterocycles. The molecule has 0 unspecified atom stereocenters. The van der Waals surface area contributed by atoms with Gasteiger partial charge in [-0.25, -0.2) is 4.39 Å². The summed E-state index contributed by atoms with van der Waals surface area (Å²) in [5.74, 6) is -0.523. The molecule has 2 aliphatic heterocycles. The number of carbonyl (C=O) groups is 2. The van der Waals surface area contributed by atoms with Crippen molar-refractivity contribution >= 4 is 23.2 Å². The van der Waals surface area contributed by atoms with Crippen molar-refractivity contribution < 1.29 is 14.0 Å². The molecule has 2 aromatic rings. The zero-order chi connectivity index (χ0) is 20.5. The lowest BCUT2D eigenvalue weighted by atomic mass is 10.0. The van der Waals surface area contributed by atoms with Gasteiger partial charge in [-0.05, 0) is 75.1 Å². The zero-order valence-electron chi connectivity index (χ0n) is 16.9. The van der Waals surface area contributed by atoms with E-state index in [0.29, 0.717) is 22.4 Å². The van der Waals surface area contributed by atoms with Crippen molar-refractivity contribution in [1.82, 2.24) is 4.90 Å². The molecule has 2 aromatic carbocycles. The number of hydrogen-bond donors (Lipinski definition) is 1. The smallest absolute Gasteiger partial charge is 0.257 e. The lowest BCUT2D eigenvalue weighted by Crippen LogP contribution is -2.55. The van der Waals surface area contributed by atoms with Crippen LogP contribution in [0.3, 0.4) is 0 Å². The van der Waals surface area contributed by atoms with Gasteiger partial charge in [0, 0.05) is 24.3 Å². The van der Waals surface area contributed by atoms with Gasteiger partial charge in [0.15, 0.2) is 0 Å². The Morgan fingerprint density at radius 2 is 2.00 bits per heavy atom. The van der Waals surface area contributed by atoms with E-state index in [-0.39, 0.29) is 23.8 Å². The van der Waals surface area contributed by atoms with Crippen molar-refractivity contribution in [2.75, 3.05) is 23.3 Å². The number of carbonyl (C=O) groups excluding carboxylic acids is 2. The monoisotopic (exact) mass is 395 g/mol. The van der Waals surface area contributed by atoms with Gasteiger partial charge in [-0.2, -0.15) is 0 Å². The van der Waals surface area contributed by atoms with E-state index in [1.54, 1.807) is 31.2 Å². The van der Waals surface area contributed by atoms with Gasteiger partial charge in [-0.15, -0.1) is 0 Å². The molecule has 2 heterocycles. The minimum atomic E-state index is -0.304. The molecule has 0 bridgehead atoms. The molecule has 1 fully saturated rings. The molecule has 1 N–H and O–H groups in total. The number of anilines is 2. The van der Waals surface area contributed by atoms with Crippen molar-refractivity contribution in [3.05, 3.63) is 58.9 Å². The molecule has 5 nitrogen and oxygen atoms in total. The Bertz CT molecular complexity index is 959. The number of rotatable bonds is 3. The molecule has 2 amide bonds. The fourth-order valence-electron chi connectivity index (χ4n) is 4.37. The van der Waals surface area contributed by atoms with Crippen LogP contribution < -0.4 is 10.2 Å². The largest absolute Gasteiger partial charge is 0.351 e. The van der Waals surface area contributed by atoms with Gasteiger partial charge < -0.3 is 15.1 Å². The van der Waals surface area contributed by atoms with E-state index in [0.717, 1.165) is 44.5 Å². The fraction of sp³-hybridized carbons (Fsp3) is 0.391. The summed E-state index contributed by atoms with van der Waals surface area (Å²) in [6.07, 6.45) is 4.28. The summed E-state index contributed by atoms with van der Waals surface area (Å²) in [5.41, 5.74) is 2.98. The van der Waals surface area contributed by atoms with E-state index in [4.69, 9.17) is 0 Å². The molecule has 29 heavy (non-hydrogen) atoms. The quantitative estimate of drug-likeness (QED) is 0.828. The molecule has 0 radical (unpaired) electrons. The van der Waals surface area contributed by atoms with E-state index in [2.05, 4.69) is 17.1 Å². The second kappa shape index (κ2) is 7.85.